The second kappa shape index (κ2) is 7.81. The van der Waals surface area contributed by atoms with E-state index in [0.717, 1.165) is 43.6 Å². The Balaban J connectivity index is 1.54. The van der Waals surface area contributed by atoms with Crippen molar-refractivity contribution in [3.05, 3.63) is 17.5 Å². The van der Waals surface area contributed by atoms with E-state index in [4.69, 9.17) is 4.74 Å². The normalized spacial score (nSPS) is 22.2. The van der Waals surface area contributed by atoms with E-state index in [2.05, 4.69) is 15.3 Å². The highest BCUT2D eigenvalue weighted by atomic mass is 16.5. The van der Waals surface area contributed by atoms with Crippen LogP contribution in [-0.4, -0.2) is 46.1 Å². The van der Waals surface area contributed by atoms with Gasteiger partial charge in [-0.1, -0.05) is 19.3 Å². The number of nitrogens with zero attached hydrogens (tertiary/aromatic N) is 3. The number of ether oxygens (including phenoxy) is 1. The lowest BCUT2D eigenvalue weighted by atomic mass is 9.96. The summed E-state index contributed by atoms with van der Waals surface area (Å²) in [6.07, 6.45) is 7.81. The smallest absolute Gasteiger partial charge is 0.317 e. The van der Waals surface area contributed by atoms with Crippen LogP contribution in [0, 0.1) is 13.8 Å². The van der Waals surface area contributed by atoms with Crippen molar-refractivity contribution in [2.75, 3.05) is 13.1 Å². The van der Waals surface area contributed by atoms with Gasteiger partial charge in [0, 0.05) is 24.0 Å². The van der Waals surface area contributed by atoms with E-state index < -0.39 is 0 Å². The predicted octanol–water partition coefficient (Wildman–Crippen LogP) is 2.98. The summed E-state index contributed by atoms with van der Waals surface area (Å²) in [6, 6.07) is 2.75. The van der Waals surface area contributed by atoms with Crippen LogP contribution < -0.4 is 10.1 Å². The average Bonchev–Trinajstić information content (AvgIpc) is 2.55. The molecule has 2 amide bonds. The van der Waals surface area contributed by atoms with Crippen LogP contribution in [-0.2, 0) is 0 Å². The Morgan fingerprint density at radius 1 is 1.12 bits per heavy atom. The summed E-state index contributed by atoms with van der Waals surface area (Å²) < 4.78 is 5.94. The fourth-order valence-corrected chi connectivity index (χ4v) is 3.63. The van der Waals surface area contributed by atoms with Crippen LogP contribution in [0.3, 0.4) is 0 Å². The molecule has 2 aliphatic rings. The van der Waals surface area contributed by atoms with Crippen LogP contribution in [0.15, 0.2) is 6.07 Å². The first-order valence-corrected chi connectivity index (χ1v) is 9.14. The molecule has 0 spiro atoms. The molecule has 1 aliphatic heterocycles. The van der Waals surface area contributed by atoms with E-state index in [-0.39, 0.29) is 12.1 Å². The van der Waals surface area contributed by atoms with Gasteiger partial charge in [-0.2, -0.15) is 0 Å². The van der Waals surface area contributed by atoms with Gasteiger partial charge in [-0.15, -0.1) is 0 Å². The summed E-state index contributed by atoms with van der Waals surface area (Å²) in [5.41, 5.74) is 1.81. The average molecular weight is 332 g/mol. The van der Waals surface area contributed by atoms with E-state index in [1.807, 2.05) is 24.8 Å². The highest BCUT2D eigenvalue weighted by Gasteiger charge is 2.27. The van der Waals surface area contributed by atoms with Crippen molar-refractivity contribution in [1.29, 1.82) is 0 Å². The second-order valence-corrected chi connectivity index (χ2v) is 7.05. The summed E-state index contributed by atoms with van der Waals surface area (Å²) in [6.45, 7) is 5.28. The number of rotatable bonds is 3. The lowest BCUT2D eigenvalue weighted by molar-refractivity contribution is 0.0919. The molecule has 1 N–H and O–H groups in total. The SMILES string of the molecule is Cc1cc(C)nc(OC2CCCN(C(=O)NC3CCCCC3)C2)n1. The zero-order valence-electron chi connectivity index (χ0n) is 14.8. The number of aromatic nitrogens is 2. The van der Waals surface area contributed by atoms with Crippen molar-refractivity contribution >= 4 is 6.03 Å². The van der Waals surface area contributed by atoms with Gasteiger partial charge in [0.25, 0.3) is 0 Å². The highest BCUT2D eigenvalue weighted by molar-refractivity contribution is 5.74. The van der Waals surface area contributed by atoms with Crippen molar-refractivity contribution in [1.82, 2.24) is 20.2 Å². The van der Waals surface area contributed by atoms with Gasteiger partial charge in [-0.05, 0) is 45.6 Å². The quantitative estimate of drug-likeness (QED) is 0.924. The van der Waals surface area contributed by atoms with Crippen LogP contribution >= 0.6 is 0 Å². The minimum Gasteiger partial charge on any atom is -0.458 e. The summed E-state index contributed by atoms with van der Waals surface area (Å²) >= 11 is 0. The number of aryl methyl sites for hydroxylation is 2. The number of hydrogen-bond donors (Lipinski definition) is 1. The van der Waals surface area contributed by atoms with E-state index >= 15 is 0 Å². The van der Waals surface area contributed by atoms with Gasteiger partial charge >= 0.3 is 12.0 Å². The molecular formula is C18H28N4O2. The number of carbonyl (C=O) groups is 1. The van der Waals surface area contributed by atoms with Gasteiger partial charge in [0.05, 0.1) is 6.54 Å². The van der Waals surface area contributed by atoms with E-state index in [1.165, 1.54) is 19.3 Å². The second-order valence-electron chi connectivity index (χ2n) is 7.05. The number of carbonyl (C=O) groups excluding carboxylic acids is 1. The molecule has 6 nitrogen and oxygen atoms in total. The molecule has 1 aliphatic carbocycles. The minimum atomic E-state index is -0.0305. The predicted molar refractivity (Wildman–Crippen MR) is 92.1 cm³/mol. The molecule has 1 unspecified atom stereocenters. The number of nitrogens with one attached hydrogen (secondary N) is 1. The molecule has 0 aromatic carbocycles. The molecule has 1 saturated carbocycles. The van der Waals surface area contributed by atoms with Crippen molar-refractivity contribution in [3.8, 4) is 6.01 Å². The molecule has 1 aromatic heterocycles. The Morgan fingerprint density at radius 2 is 1.83 bits per heavy atom. The van der Waals surface area contributed by atoms with Crippen molar-refractivity contribution in [2.24, 2.45) is 0 Å². The summed E-state index contributed by atoms with van der Waals surface area (Å²) in [5, 5.41) is 3.19. The third-order valence-electron chi connectivity index (χ3n) is 4.83. The molecule has 1 atom stereocenters. The van der Waals surface area contributed by atoms with Crippen LogP contribution in [0.25, 0.3) is 0 Å². The first-order chi connectivity index (χ1) is 11.6. The number of hydrogen-bond acceptors (Lipinski definition) is 4. The van der Waals surface area contributed by atoms with Crippen LogP contribution in [0.1, 0.15) is 56.3 Å². The molecule has 3 rings (SSSR count). The molecule has 1 saturated heterocycles. The molecule has 0 bridgehead atoms. The highest BCUT2D eigenvalue weighted by Crippen LogP contribution is 2.19. The van der Waals surface area contributed by atoms with Crippen LogP contribution in [0.2, 0.25) is 0 Å². The maximum Gasteiger partial charge on any atom is 0.317 e. The zero-order chi connectivity index (χ0) is 16.9. The van der Waals surface area contributed by atoms with Gasteiger partial charge in [-0.25, -0.2) is 14.8 Å². The number of piperidine rings is 1. The fraction of sp³-hybridized carbons (Fsp3) is 0.722. The number of likely N-dealkylation sites (tertiary alicyclic amines) is 1. The summed E-state index contributed by atoms with van der Waals surface area (Å²) in [4.78, 5) is 23.1. The first kappa shape index (κ1) is 17.0. The molecule has 1 aromatic rings. The Labute approximate surface area is 144 Å². The van der Waals surface area contributed by atoms with E-state index in [1.54, 1.807) is 0 Å². The summed E-state index contributed by atoms with van der Waals surface area (Å²) in [5.74, 6) is 0. The van der Waals surface area contributed by atoms with Crippen molar-refractivity contribution < 1.29 is 9.53 Å². The van der Waals surface area contributed by atoms with Gasteiger partial charge in [0.2, 0.25) is 0 Å². The van der Waals surface area contributed by atoms with Crippen molar-refractivity contribution in [2.45, 2.75) is 70.9 Å². The first-order valence-electron chi connectivity index (χ1n) is 9.14. The van der Waals surface area contributed by atoms with Crippen molar-refractivity contribution in [3.63, 3.8) is 0 Å². The maximum absolute atomic E-state index is 12.5. The molecular weight excluding hydrogens is 304 g/mol. The molecule has 24 heavy (non-hydrogen) atoms. The van der Waals surface area contributed by atoms with Gasteiger partial charge < -0.3 is 15.0 Å². The Hall–Kier alpha value is -1.85. The number of amides is 2. The molecule has 6 heteroatoms. The molecule has 132 valence electrons. The topological polar surface area (TPSA) is 67.3 Å². The lowest BCUT2D eigenvalue weighted by Gasteiger charge is -2.34. The number of urea groups is 1. The maximum atomic E-state index is 12.5. The molecule has 2 fully saturated rings. The molecule has 0 radical (unpaired) electrons. The summed E-state index contributed by atoms with van der Waals surface area (Å²) in [7, 11) is 0. The van der Waals surface area contributed by atoms with Gasteiger partial charge in [0.15, 0.2) is 0 Å². The third kappa shape index (κ3) is 4.58. The van der Waals surface area contributed by atoms with Crippen LogP contribution in [0.5, 0.6) is 6.01 Å². The van der Waals surface area contributed by atoms with Gasteiger partial charge in [-0.3, -0.25) is 0 Å². The Morgan fingerprint density at radius 3 is 2.54 bits per heavy atom. The third-order valence-corrected chi connectivity index (χ3v) is 4.83. The van der Waals surface area contributed by atoms with E-state index in [9.17, 15) is 4.79 Å². The largest absolute Gasteiger partial charge is 0.458 e. The Kier molecular flexibility index (Phi) is 5.53. The van der Waals surface area contributed by atoms with Gasteiger partial charge in [0.1, 0.15) is 6.10 Å². The Bertz CT molecular complexity index is 552. The lowest BCUT2D eigenvalue weighted by Crippen LogP contribution is -2.51. The standard InChI is InChI=1S/C18H28N4O2/c1-13-11-14(2)20-17(19-13)24-16-9-6-10-22(12-16)18(23)21-15-7-4-3-5-8-15/h11,15-16H,3-10,12H2,1-2H3,(H,21,23). The van der Waals surface area contributed by atoms with E-state index in [0.29, 0.717) is 18.6 Å². The van der Waals surface area contributed by atoms with Crippen LogP contribution in [0.4, 0.5) is 4.79 Å². The minimum absolute atomic E-state index is 0.0305. The fourth-order valence-electron chi connectivity index (χ4n) is 3.63. The monoisotopic (exact) mass is 332 g/mol. The zero-order valence-corrected chi connectivity index (χ0v) is 14.8. The molecule has 2 heterocycles.